The largest absolute Gasteiger partial charge is 0.494 e. The summed E-state index contributed by atoms with van der Waals surface area (Å²) in [4.78, 5) is 17.1. The molecule has 3 N–H and O–H groups in total. The molecule has 1 aromatic carbocycles. The van der Waals surface area contributed by atoms with Gasteiger partial charge in [-0.15, -0.1) is 0 Å². The molecule has 0 aliphatic carbocycles. The predicted molar refractivity (Wildman–Crippen MR) is 62.8 cm³/mol. The Morgan fingerprint density at radius 3 is 2.83 bits per heavy atom. The van der Waals surface area contributed by atoms with Crippen LogP contribution in [0, 0.1) is 5.82 Å². The van der Waals surface area contributed by atoms with Crippen LogP contribution in [-0.2, 0) is 0 Å². The van der Waals surface area contributed by atoms with Gasteiger partial charge in [-0.2, -0.15) is 4.98 Å². The Kier molecular flexibility index (Phi) is 3.13. The third-order valence-electron chi connectivity index (χ3n) is 2.14. The van der Waals surface area contributed by atoms with E-state index in [1.54, 1.807) is 6.07 Å². The molecule has 0 saturated carbocycles. The molecular weight excluding hydrogens is 241 g/mol. The number of H-pyrrole nitrogens is 1. The Morgan fingerprint density at radius 2 is 2.22 bits per heavy atom. The molecule has 0 spiro atoms. The van der Waals surface area contributed by atoms with Gasteiger partial charge < -0.3 is 15.2 Å². The van der Waals surface area contributed by atoms with Gasteiger partial charge in [-0.05, 0) is 12.1 Å². The third kappa shape index (κ3) is 2.57. The van der Waals surface area contributed by atoms with Crippen LogP contribution in [0.2, 0.25) is 0 Å². The fourth-order valence-corrected chi connectivity index (χ4v) is 1.38. The highest BCUT2D eigenvalue weighted by Crippen LogP contribution is 2.22. The van der Waals surface area contributed by atoms with E-state index < -0.39 is 17.3 Å². The predicted octanol–water partition coefficient (Wildman–Crippen LogP) is 1.37. The first-order chi connectivity index (χ1) is 8.58. The van der Waals surface area contributed by atoms with Crippen molar-refractivity contribution >= 4 is 11.6 Å². The van der Waals surface area contributed by atoms with E-state index in [-0.39, 0.29) is 11.7 Å². The molecule has 94 valence electrons. The second-order valence-electron chi connectivity index (χ2n) is 3.43. The van der Waals surface area contributed by atoms with Crippen LogP contribution in [0.3, 0.4) is 0 Å². The van der Waals surface area contributed by atoms with Gasteiger partial charge in [-0.25, -0.2) is 4.39 Å². The van der Waals surface area contributed by atoms with Gasteiger partial charge in [-0.3, -0.25) is 9.78 Å². The number of benzene rings is 1. The third-order valence-corrected chi connectivity index (χ3v) is 2.14. The van der Waals surface area contributed by atoms with E-state index in [9.17, 15) is 9.18 Å². The van der Waals surface area contributed by atoms with Crippen LogP contribution in [0.15, 0.2) is 29.1 Å². The lowest BCUT2D eigenvalue weighted by Gasteiger charge is -2.07. The van der Waals surface area contributed by atoms with E-state index in [4.69, 9.17) is 9.84 Å². The number of methoxy groups -OCH3 is 1. The van der Waals surface area contributed by atoms with E-state index in [0.29, 0.717) is 5.69 Å². The molecule has 0 amide bonds. The molecule has 0 unspecified atom stereocenters. The molecule has 0 radical (unpaired) electrons. The van der Waals surface area contributed by atoms with Crippen molar-refractivity contribution in [2.24, 2.45) is 0 Å². The van der Waals surface area contributed by atoms with Crippen LogP contribution in [0.1, 0.15) is 0 Å². The number of aromatic hydroxyl groups is 1. The maximum Gasteiger partial charge on any atom is 0.256 e. The standard InChI is InChI=1S/C11H10FN3O3/c1-18-8-3-2-6(4-7(8)12)13-11-14-9(16)5-10(17)15-11/h2-5H,1H3,(H3,13,14,15,16,17). The molecule has 0 aliphatic heterocycles. The Bertz CT molecular complexity index is 627. The number of rotatable bonds is 3. The number of ether oxygens (including phenoxy) is 1. The molecule has 7 heteroatoms. The van der Waals surface area contributed by atoms with Crippen molar-refractivity contribution in [2.45, 2.75) is 0 Å². The summed E-state index contributed by atoms with van der Waals surface area (Å²) >= 11 is 0. The SMILES string of the molecule is COc1ccc(Nc2nc(O)cc(=O)[nH]2)cc1F. The topological polar surface area (TPSA) is 87.2 Å². The molecule has 6 nitrogen and oxygen atoms in total. The Morgan fingerprint density at radius 1 is 1.44 bits per heavy atom. The highest BCUT2D eigenvalue weighted by atomic mass is 19.1. The normalized spacial score (nSPS) is 10.1. The van der Waals surface area contributed by atoms with Crippen LogP contribution in [0.25, 0.3) is 0 Å². The van der Waals surface area contributed by atoms with Crippen molar-refractivity contribution in [1.82, 2.24) is 9.97 Å². The van der Waals surface area contributed by atoms with Crippen LogP contribution < -0.4 is 15.6 Å². The molecule has 0 aliphatic rings. The van der Waals surface area contributed by atoms with E-state index in [1.165, 1.54) is 19.2 Å². The van der Waals surface area contributed by atoms with Crippen molar-refractivity contribution in [1.29, 1.82) is 0 Å². The number of nitrogens with zero attached hydrogens (tertiary/aromatic N) is 1. The van der Waals surface area contributed by atoms with Gasteiger partial charge in [-0.1, -0.05) is 0 Å². The zero-order valence-electron chi connectivity index (χ0n) is 9.40. The maximum absolute atomic E-state index is 13.4. The fraction of sp³-hybridized carbons (Fsp3) is 0.0909. The molecule has 0 fully saturated rings. The minimum absolute atomic E-state index is 0.0181. The maximum atomic E-state index is 13.4. The van der Waals surface area contributed by atoms with Gasteiger partial charge >= 0.3 is 0 Å². The minimum atomic E-state index is -0.551. The highest BCUT2D eigenvalue weighted by molar-refractivity contribution is 5.55. The smallest absolute Gasteiger partial charge is 0.256 e. The van der Waals surface area contributed by atoms with Gasteiger partial charge in [0.15, 0.2) is 11.6 Å². The molecular formula is C11H10FN3O3. The lowest BCUT2D eigenvalue weighted by atomic mass is 10.3. The van der Waals surface area contributed by atoms with Crippen molar-refractivity contribution in [2.75, 3.05) is 12.4 Å². The number of halogens is 1. The Hall–Kier alpha value is -2.57. The number of aromatic nitrogens is 2. The molecule has 0 saturated heterocycles. The summed E-state index contributed by atoms with van der Waals surface area (Å²) < 4.78 is 18.2. The molecule has 0 atom stereocenters. The summed E-state index contributed by atoms with van der Waals surface area (Å²) in [6, 6.07) is 5.09. The summed E-state index contributed by atoms with van der Waals surface area (Å²) in [5.74, 6) is -0.845. The van der Waals surface area contributed by atoms with Crippen molar-refractivity contribution in [3.05, 3.63) is 40.4 Å². The summed E-state index contributed by atoms with van der Waals surface area (Å²) in [5.41, 5.74) is -0.152. The van der Waals surface area contributed by atoms with Crippen molar-refractivity contribution in [3.63, 3.8) is 0 Å². The first kappa shape index (κ1) is 11.9. The van der Waals surface area contributed by atoms with Crippen LogP contribution >= 0.6 is 0 Å². The summed E-state index contributed by atoms with van der Waals surface area (Å²) in [6.07, 6.45) is 0. The number of nitrogens with one attached hydrogen (secondary N) is 2. The van der Waals surface area contributed by atoms with E-state index in [0.717, 1.165) is 6.07 Å². The van der Waals surface area contributed by atoms with Gasteiger partial charge in [0.25, 0.3) is 5.56 Å². The van der Waals surface area contributed by atoms with Crippen molar-refractivity contribution in [3.8, 4) is 11.6 Å². The summed E-state index contributed by atoms with van der Waals surface area (Å²) in [7, 11) is 1.36. The van der Waals surface area contributed by atoms with Crippen LogP contribution in [0.5, 0.6) is 11.6 Å². The first-order valence-electron chi connectivity index (χ1n) is 4.99. The van der Waals surface area contributed by atoms with Gasteiger partial charge in [0.05, 0.1) is 13.2 Å². The molecule has 18 heavy (non-hydrogen) atoms. The molecule has 0 bridgehead atoms. The highest BCUT2D eigenvalue weighted by Gasteiger charge is 2.05. The monoisotopic (exact) mass is 251 g/mol. The van der Waals surface area contributed by atoms with E-state index >= 15 is 0 Å². The molecule has 1 heterocycles. The van der Waals surface area contributed by atoms with E-state index in [2.05, 4.69) is 15.3 Å². The summed E-state index contributed by atoms with van der Waals surface area (Å²) in [5, 5.41) is 11.8. The van der Waals surface area contributed by atoms with E-state index in [1.807, 2.05) is 0 Å². The van der Waals surface area contributed by atoms with Gasteiger partial charge in [0, 0.05) is 11.8 Å². The molecule has 2 aromatic rings. The quantitative estimate of drug-likeness (QED) is 0.766. The number of aromatic amines is 1. The second kappa shape index (κ2) is 4.74. The Balaban J connectivity index is 2.28. The van der Waals surface area contributed by atoms with Gasteiger partial charge in [0.2, 0.25) is 11.8 Å². The Labute approximate surface area is 101 Å². The van der Waals surface area contributed by atoms with Crippen LogP contribution in [0.4, 0.5) is 16.0 Å². The van der Waals surface area contributed by atoms with Crippen LogP contribution in [-0.4, -0.2) is 22.2 Å². The lowest BCUT2D eigenvalue weighted by Crippen LogP contribution is -2.08. The second-order valence-corrected chi connectivity index (χ2v) is 3.43. The summed E-state index contributed by atoms with van der Waals surface area (Å²) in [6.45, 7) is 0. The average molecular weight is 251 g/mol. The average Bonchev–Trinajstić information content (AvgIpc) is 2.27. The lowest BCUT2D eigenvalue weighted by molar-refractivity contribution is 0.386. The zero-order chi connectivity index (χ0) is 13.1. The first-order valence-corrected chi connectivity index (χ1v) is 4.99. The zero-order valence-corrected chi connectivity index (χ0v) is 9.40. The number of anilines is 2. The molecule has 1 aromatic heterocycles. The minimum Gasteiger partial charge on any atom is -0.494 e. The van der Waals surface area contributed by atoms with Gasteiger partial charge in [0.1, 0.15) is 0 Å². The fourth-order valence-electron chi connectivity index (χ4n) is 1.38. The number of hydrogen-bond donors (Lipinski definition) is 3. The van der Waals surface area contributed by atoms with Crippen molar-refractivity contribution < 1.29 is 14.2 Å². The molecule has 2 rings (SSSR count). The number of hydrogen-bond acceptors (Lipinski definition) is 5.